The summed E-state index contributed by atoms with van der Waals surface area (Å²) in [6.45, 7) is 0.705. The average Bonchev–Trinajstić information content (AvgIpc) is 3.17. The lowest BCUT2D eigenvalue weighted by molar-refractivity contribution is -0.116. The molecule has 140 valence electrons. The Morgan fingerprint density at radius 3 is 2.36 bits per heavy atom. The maximum atomic E-state index is 12.8. The Morgan fingerprint density at radius 2 is 1.57 bits per heavy atom. The van der Waals surface area contributed by atoms with E-state index in [1.165, 1.54) is 5.56 Å². The van der Waals surface area contributed by atoms with Crippen LogP contribution in [0, 0.1) is 0 Å². The third-order valence-electron chi connectivity index (χ3n) is 5.03. The van der Waals surface area contributed by atoms with Gasteiger partial charge in [0.15, 0.2) is 0 Å². The van der Waals surface area contributed by atoms with Crippen LogP contribution in [-0.4, -0.2) is 18.4 Å². The van der Waals surface area contributed by atoms with Gasteiger partial charge in [-0.3, -0.25) is 9.59 Å². The van der Waals surface area contributed by atoms with Crippen LogP contribution in [0.1, 0.15) is 27.9 Å². The number of nitrogens with zero attached hydrogens (tertiary/aromatic N) is 1. The maximum absolute atomic E-state index is 12.8. The van der Waals surface area contributed by atoms with E-state index < -0.39 is 0 Å². The molecule has 0 unspecified atom stereocenters. The molecule has 3 aromatic carbocycles. The third-order valence-corrected chi connectivity index (χ3v) is 5.03. The first-order chi connectivity index (χ1) is 13.7. The molecular formula is C24H22N2O2. The first kappa shape index (κ1) is 18.0. The van der Waals surface area contributed by atoms with E-state index in [1.807, 2.05) is 53.4 Å². The molecule has 0 radical (unpaired) electrons. The quantitative estimate of drug-likeness (QED) is 0.721. The molecule has 1 aliphatic heterocycles. The first-order valence-electron chi connectivity index (χ1n) is 9.54. The van der Waals surface area contributed by atoms with Gasteiger partial charge in [-0.15, -0.1) is 0 Å². The van der Waals surface area contributed by atoms with E-state index in [0.29, 0.717) is 30.6 Å². The van der Waals surface area contributed by atoms with Gasteiger partial charge in [0.1, 0.15) is 0 Å². The highest BCUT2D eigenvalue weighted by Gasteiger charge is 2.24. The SMILES string of the molecule is O=C(CCc1ccccc1)Nc1ccc(C(=O)N2CCc3ccccc32)cc1. The average molecular weight is 370 g/mol. The highest BCUT2D eigenvalue weighted by Crippen LogP contribution is 2.29. The zero-order valence-electron chi connectivity index (χ0n) is 15.6. The van der Waals surface area contributed by atoms with Crippen molar-refractivity contribution >= 4 is 23.2 Å². The van der Waals surface area contributed by atoms with Gasteiger partial charge in [0, 0.05) is 29.9 Å². The highest BCUT2D eigenvalue weighted by molar-refractivity contribution is 6.07. The smallest absolute Gasteiger partial charge is 0.258 e. The van der Waals surface area contributed by atoms with Crippen molar-refractivity contribution in [2.45, 2.75) is 19.3 Å². The van der Waals surface area contributed by atoms with Crippen molar-refractivity contribution < 1.29 is 9.59 Å². The van der Waals surface area contributed by atoms with Crippen LogP contribution in [0.25, 0.3) is 0 Å². The van der Waals surface area contributed by atoms with Crippen molar-refractivity contribution in [3.05, 3.63) is 95.6 Å². The van der Waals surface area contributed by atoms with Crippen LogP contribution in [0.3, 0.4) is 0 Å². The lowest BCUT2D eigenvalue weighted by Crippen LogP contribution is -2.28. The van der Waals surface area contributed by atoms with Crippen molar-refractivity contribution in [3.63, 3.8) is 0 Å². The number of aryl methyl sites for hydroxylation is 1. The van der Waals surface area contributed by atoms with Crippen LogP contribution in [0.2, 0.25) is 0 Å². The summed E-state index contributed by atoms with van der Waals surface area (Å²) < 4.78 is 0. The van der Waals surface area contributed by atoms with Crippen LogP contribution in [0.4, 0.5) is 11.4 Å². The van der Waals surface area contributed by atoms with Gasteiger partial charge in [-0.2, -0.15) is 0 Å². The molecule has 0 spiro atoms. The molecule has 2 amide bonds. The number of para-hydroxylation sites is 1. The van der Waals surface area contributed by atoms with Crippen molar-refractivity contribution in [1.29, 1.82) is 0 Å². The largest absolute Gasteiger partial charge is 0.326 e. The Hall–Kier alpha value is -3.40. The fourth-order valence-electron chi connectivity index (χ4n) is 3.53. The van der Waals surface area contributed by atoms with E-state index in [1.54, 1.807) is 24.3 Å². The van der Waals surface area contributed by atoms with Crippen molar-refractivity contribution in [1.82, 2.24) is 0 Å². The molecule has 0 fully saturated rings. The molecule has 28 heavy (non-hydrogen) atoms. The number of rotatable bonds is 5. The topological polar surface area (TPSA) is 49.4 Å². The number of amides is 2. The molecule has 1 aliphatic rings. The number of anilines is 2. The standard InChI is InChI=1S/C24H22N2O2/c27-23(15-10-18-6-2-1-3-7-18)25-21-13-11-20(12-14-21)24(28)26-17-16-19-8-4-5-9-22(19)26/h1-9,11-14H,10,15-17H2,(H,25,27). The van der Waals surface area contributed by atoms with Crippen LogP contribution < -0.4 is 10.2 Å². The summed E-state index contributed by atoms with van der Waals surface area (Å²) in [7, 11) is 0. The van der Waals surface area contributed by atoms with E-state index >= 15 is 0 Å². The first-order valence-corrected chi connectivity index (χ1v) is 9.54. The summed E-state index contributed by atoms with van der Waals surface area (Å²) in [5, 5.41) is 2.90. The number of hydrogen-bond acceptors (Lipinski definition) is 2. The minimum atomic E-state index is -0.0311. The molecule has 0 saturated heterocycles. The van der Waals surface area contributed by atoms with Gasteiger partial charge in [0.25, 0.3) is 5.91 Å². The summed E-state index contributed by atoms with van der Waals surface area (Å²) >= 11 is 0. The van der Waals surface area contributed by atoms with Gasteiger partial charge in [0.2, 0.25) is 5.91 Å². The normalized spacial score (nSPS) is 12.5. The monoisotopic (exact) mass is 370 g/mol. The molecule has 0 aromatic heterocycles. The summed E-state index contributed by atoms with van der Waals surface area (Å²) in [4.78, 5) is 26.8. The van der Waals surface area contributed by atoms with E-state index in [0.717, 1.165) is 17.7 Å². The van der Waals surface area contributed by atoms with E-state index in [2.05, 4.69) is 11.4 Å². The molecule has 4 rings (SSSR count). The Kier molecular flexibility index (Phi) is 5.20. The van der Waals surface area contributed by atoms with Gasteiger partial charge in [-0.1, -0.05) is 48.5 Å². The number of fused-ring (bicyclic) bond motifs is 1. The third kappa shape index (κ3) is 3.96. The molecule has 1 N–H and O–H groups in total. The number of carbonyl (C=O) groups excluding carboxylic acids is 2. The van der Waals surface area contributed by atoms with E-state index in [-0.39, 0.29) is 11.8 Å². The van der Waals surface area contributed by atoms with E-state index in [9.17, 15) is 9.59 Å². The Balaban J connectivity index is 1.36. The number of benzene rings is 3. The van der Waals surface area contributed by atoms with Crippen molar-refractivity contribution in [3.8, 4) is 0 Å². The van der Waals surface area contributed by atoms with E-state index in [4.69, 9.17) is 0 Å². The lowest BCUT2D eigenvalue weighted by Gasteiger charge is -2.17. The van der Waals surface area contributed by atoms with Gasteiger partial charge in [-0.05, 0) is 54.3 Å². The van der Waals surface area contributed by atoms with Gasteiger partial charge in [-0.25, -0.2) is 0 Å². The zero-order valence-corrected chi connectivity index (χ0v) is 15.6. The molecule has 1 heterocycles. The fourth-order valence-corrected chi connectivity index (χ4v) is 3.53. The maximum Gasteiger partial charge on any atom is 0.258 e. The number of nitrogens with one attached hydrogen (secondary N) is 1. The number of hydrogen-bond donors (Lipinski definition) is 1. The molecule has 3 aromatic rings. The second-order valence-corrected chi connectivity index (χ2v) is 6.95. The predicted octanol–water partition coefficient (Wildman–Crippen LogP) is 4.46. The second-order valence-electron chi connectivity index (χ2n) is 6.95. The molecule has 0 atom stereocenters. The van der Waals surface area contributed by atoms with Gasteiger partial charge < -0.3 is 10.2 Å². The second kappa shape index (κ2) is 8.09. The Bertz CT molecular complexity index is 981. The minimum Gasteiger partial charge on any atom is -0.326 e. The fraction of sp³-hybridized carbons (Fsp3) is 0.167. The molecule has 4 heteroatoms. The summed E-state index contributed by atoms with van der Waals surface area (Å²) in [5.41, 5.74) is 4.67. The Labute approximate surface area is 164 Å². The lowest BCUT2D eigenvalue weighted by atomic mass is 10.1. The minimum absolute atomic E-state index is 0.00750. The molecule has 4 nitrogen and oxygen atoms in total. The molecule has 0 bridgehead atoms. The van der Waals surface area contributed by atoms with Crippen LogP contribution in [0.15, 0.2) is 78.9 Å². The summed E-state index contributed by atoms with van der Waals surface area (Å²) in [6.07, 6.45) is 2.02. The van der Waals surface area contributed by atoms with Gasteiger partial charge in [0.05, 0.1) is 0 Å². The van der Waals surface area contributed by atoms with Crippen molar-refractivity contribution in [2.75, 3.05) is 16.8 Å². The number of carbonyl (C=O) groups is 2. The molecule has 0 aliphatic carbocycles. The molecule has 0 saturated carbocycles. The summed E-state index contributed by atoms with van der Waals surface area (Å²) in [6, 6.07) is 25.1. The highest BCUT2D eigenvalue weighted by atomic mass is 16.2. The van der Waals surface area contributed by atoms with Crippen LogP contribution in [-0.2, 0) is 17.6 Å². The van der Waals surface area contributed by atoms with Crippen molar-refractivity contribution in [2.24, 2.45) is 0 Å². The van der Waals surface area contributed by atoms with Crippen LogP contribution in [0.5, 0.6) is 0 Å². The predicted molar refractivity (Wildman–Crippen MR) is 112 cm³/mol. The van der Waals surface area contributed by atoms with Crippen LogP contribution >= 0.6 is 0 Å². The summed E-state index contributed by atoms with van der Waals surface area (Å²) in [5.74, 6) is -0.0386. The Morgan fingerprint density at radius 1 is 0.857 bits per heavy atom. The van der Waals surface area contributed by atoms with Gasteiger partial charge >= 0.3 is 0 Å². The molecular weight excluding hydrogens is 348 g/mol. The zero-order chi connectivity index (χ0) is 19.3.